The predicted molar refractivity (Wildman–Crippen MR) is 101 cm³/mol. The van der Waals surface area contributed by atoms with Crippen LogP contribution < -0.4 is 10.2 Å². The highest BCUT2D eigenvalue weighted by molar-refractivity contribution is 7.91. The number of sulfone groups is 1. The molecule has 2 heterocycles. The van der Waals surface area contributed by atoms with Gasteiger partial charge in [-0.3, -0.25) is 4.79 Å². The van der Waals surface area contributed by atoms with Gasteiger partial charge in [-0.2, -0.15) is 5.26 Å². The minimum absolute atomic E-state index is 0.0966. The molecule has 1 amide bonds. The molecule has 8 heteroatoms. The van der Waals surface area contributed by atoms with E-state index in [9.17, 15) is 18.5 Å². The maximum Gasteiger partial charge on any atom is 0.267 e. The van der Waals surface area contributed by atoms with Gasteiger partial charge >= 0.3 is 0 Å². The Kier molecular flexibility index (Phi) is 4.67. The predicted octanol–water partition coefficient (Wildman–Crippen LogP) is 1.44. The van der Waals surface area contributed by atoms with E-state index in [1.54, 1.807) is 19.2 Å². The molecule has 0 saturated carbocycles. The van der Waals surface area contributed by atoms with Gasteiger partial charge in [0.1, 0.15) is 5.69 Å². The molecule has 0 unspecified atom stereocenters. The van der Waals surface area contributed by atoms with Crippen molar-refractivity contribution in [2.24, 2.45) is 0 Å². The molecule has 0 radical (unpaired) electrons. The first kappa shape index (κ1) is 18.3. The van der Waals surface area contributed by atoms with Gasteiger partial charge in [0.15, 0.2) is 9.84 Å². The van der Waals surface area contributed by atoms with Crippen LogP contribution in [0.2, 0.25) is 0 Å². The average Bonchev–Trinajstić information content (AvgIpc) is 2.92. The van der Waals surface area contributed by atoms with Crippen LogP contribution in [0.15, 0.2) is 12.1 Å². The Morgan fingerprint density at radius 1 is 1.31 bits per heavy atom. The summed E-state index contributed by atoms with van der Waals surface area (Å²) >= 11 is 0. The summed E-state index contributed by atoms with van der Waals surface area (Å²) in [5, 5.41) is 13.0. The van der Waals surface area contributed by atoms with Crippen molar-refractivity contribution in [3.63, 3.8) is 0 Å². The fourth-order valence-corrected chi connectivity index (χ4v) is 4.82. The smallest absolute Gasteiger partial charge is 0.267 e. The molecule has 1 aromatic carbocycles. The Morgan fingerprint density at radius 3 is 2.50 bits per heavy atom. The number of anilines is 1. The first-order valence-electron chi connectivity index (χ1n) is 8.57. The van der Waals surface area contributed by atoms with E-state index in [0.29, 0.717) is 30.9 Å². The lowest BCUT2D eigenvalue weighted by atomic mass is 10.1. The number of nitriles is 1. The van der Waals surface area contributed by atoms with Gasteiger partial charge in [0.2, 0.25) is 0 Å². The van der Waals surface area contributed by atoms with Gasteiger partial charge in [0, 0.05) is 32.1 Å². The number of benzene rings is 1. The quantitative estimate of drug-likeness (QED) is 0.877. The van der Waals surface area contributed by atoms with Gasteiger partial charge < -0.3 is 14.8 Å². The highest BCUT2D eigenvalue weighted by Gasteiger charge is 2.27. The normalized spacial score (nSPS) is 16.5. The number of nitrogens with one attached hydrogen (secondary N) is 1. The second-order valence-corrected chi connectivity index (χ2v) is 8.74. The van der Waals surface area contributed by atoms with Crippen LogP contribution in [0.25, 0.3) is 10.9 Å². The third-order valence-corrected chi connectivity index (χ3v) is 6.57. The first-order valence-corrected chi connectivity index (χ1v) is 10.4. The van der Waals surface area contributed by atoms with Crippen molar-refractivity contribution in [3.05, 3.63) is 29.0 Å². The van der Waals surface area contributed by atoms with E-state index >= 15 is 0 Å². The highest BCUT2D eigenvalue weighted by atomic mass is 32.2. The molecular formula is C18H22N4O3S. The van der Waals surface area contributed by atoms with Crippen molar-refractivity contribution in [1.82, 2.24) is 9.88 Å². The van der Waals surface area contributed by atoms with Crippen molar-refractivity contribution in [2.45, 2.75) is 20.4 Å². The van der Waals surface area contributed by atoms with Crippen molar-refractivity contribution >= 4 is 32.3 Å². The number of aromatic nitrogens is 1. The molecule has 0 bridgehead atoms. The summed E-state index contributed by atoms with van der Waals surface area (Å²) in [6.07, 6.45) is 0. The number of aryl methyl sites for hydroxylation is 2. The van der Waals surface area contributed by atoms with E-state index in [4.69, 9.17) is 0 Å². The van der Waals surface area contributed by atoms with E-state index in [1.807, 2.05) is 23.3 Å². The number of fused-ring (bicyclic) bond motifs is 1. The molecule has 1 aliphatic rings. The summed E-state index contributed by atoms with van der Waals surface area (Å²) in [4.78, 5) is 14.4. The van der Waals surface area contributed by atoms with Crippen molar-refractivity contribution in [1.29, 1.82) is 5.26 Å². The third kappa shape index (κ3) is 2.92. The Hall–Kier alpha value is -2.53. The fourth-order valence-electron chi connectivity index (χ4n) is 3.62. The summed E-state index contributed by atoms with van der Waals surface area (Å²) in [5.41, 5.74) is 3.59. The summed E-state index contributed by atoms with van der Waals surface area (Å²) in [5.74, 6) is 0.0185. The maximum absolute atomic E-state index is 12.4. The lowest BCUT2D eigenvalue weighted by molar-refractivity contribution is 0.0954. The zero-order chi connectivity index (χ0) is 19.1. The zero-order valence-corrected chi connectivity index (χ0v) is 16.0. The largest absolute Gasteiger partial charge is 0.368 e. The number of rotatable bonds is 3. The van der Waals surface area contributed by atoms with Gasteiger partial charge in [0.25, 0.3) is 5.91 Å². The van der Waals surface area contributed by atoms with Gasteiger partial charge in [-0.15, -0.1) is 0 Å². The second-order valence-electron chi connectivity index (χ2n) is 6.44. The fraction of sp³-hybridized carbons (Fsp3) is 0.444. The molecule has 3 rings (SSSR count). The molecule has 2 aromatic rings. The van der Waals surface area contributed by atoms with Crippen LogP contribution in [-0.2, 0) is 16.4 Å². The Bertz CT molecular complexity index is 1020. The second kappa shape index (κ2) is 6.65. The molecule has 1 N–H and O–H groups in total. The lowest BCUT2D eigenvalue weighted by Gasteiger charge is -2.30. The standard InChI is InChI=1S/C18H22N4O3S/c1-4-22-16(18(23)20-3)12(2)14-9-13(11-19)10-15(17(14)22)21-5-7-26(24,25)8-6-21/h9-10H,4-8H2,1-3H3,(H,20,23). The SMILES string of the molecule is CCn1c(C(=O)NC)c(C)c2cc(C#N)cc(N3CCS(=O)(=O)CC3)c21. The number of carbonyl (C=O) groups is 1. The summed E-state index contributed by atoms with van der Waals surface area (Å²) in [6, 6.07) is 5.77. The molecule has 1 aliphatic heterocycles. The lowest BCUT2D eigenvalue weighted by Crippen LogP contribution is -2.40. The van der Waals surface area contributed by atoms with E-state index in [-0.39, 0.29) is 17.4 Å². The Balaban J connectivity index is 2.28. The Labute approximate surface area is 153 Å². The van der Waals surface area contributed by atoms with Crippen LogP contribution in [0.1, 0.15) is 28.5 Å². The van der Waals surface area contributed by atoms with Crippen LogP contribution in [0, 0.1) is 18.3 Å². The first-order chi connectivity index (χ1) is 12.3. The van der Waals surface area contributed by atoms with Crippen molar-refractivity contribution in [3.8, 4) is 6.07 Å². The monoisotopic (exact) mass is 374 g/mol. The van der Waals surface area contributed by atoms with E-state index in [2.05, 4.69) is 11.4 Å². The molecule has 26 heavy (non-hydrogen) atoms. The number of hydrogen-bond donors (Lipinski definition) is 1. The van der Waals surface area contributed by atoms with Crippen molar-refractivity contribution in [2.75, 3.05) is 36.5 Å². The van der Waals surface area contributed by atoms with Crippen LogP contribution in [0.5, 0.6) is 0 Å². The van der Waals surface area contributed by atoms with Crippen LogP contribution in [0.4, 0.5) is 5.69 Å². The number of nitrogens with zero attached hydrogens (tertiary/aromatic N) is 3. The maximum atomic E-state index is 12.4. The summed E-state index contributed by atoms with van der Waals surface area (Å²) in [7, 11) is -1.41. The number of amides is 1. The minimum Gasteiger partial charge on any atom is -0.368 e. The molecule has 1 aromatic heterocycles. The molecular weight excluding hydrogens is 352 g/mol. The van der Waals surface area contributed by atoms with Gasteiger partial charge in [-0.25, -0.2) is 8.42 Å². The zero-order valence-electron chi connectivity index (χ0n) is 15.2. The van der Waals surface area contributed by atoms with E-state index in [0.717, 1.165) is 22.2 Å². The molecule has 0 spiro atoms. The topological polar surface area (TPSA) is 95.2 Å². The number of carbonyl (C=O) groups excluding carboxylic acids is 1. The van der Waals surface area contributed by atoms with Gasteiger partial charge in [-0.05, 0) is 31.5 Å². The number of hydrogen-bond acceptors (Lipinski definition) is 5. The summed E-state index contributed by atoms with van der Waals surface area (Å²) < 4.78 is 25.5. The Morgan fingerprint density at radius 2 is 1.96 bits per heavy atom. The van der Waals surface area contributed by atoms with E-state index in [1.165, 1.54) is 0 Å². The van der Waals surface area contributed by atoms with Gasteiger partial charge in [0.05, 0.1) is 34.3 Å². The molecule has 7 nitrogen and oxygen atoms in total. The molecule has 138 valence electrons. The van der Waals surface area contributed by atoms with Crippen molar-refractivity contribution < 1.29 is 13.2 Å². The third-order valence-electron chi connectivity index (χ3n) is 4.96. The average molecular weight is 374 g/mol. The van der Waals surface area contributed by atoms with E-state index < -0.39 is 9.84 Å². The van der Waals surface area contributed by atoms with Crippen LogP contribution in [-0.4, -0.2) is 50.5 Å². The van der Waals surface area contributed by atoms with Crippen LogP contribution >= 0.6 is 0 Å². The highest BCUT2D eigenvalue weighted by Crippen LogP contribution is 2.35. The van der Waals surface area contributed by atoms with Gasteiger partial charge in [-0.1, -0.05) is 0 Å². The molecule has 0 atom stereocenters. The summed E-state index contributed by atoms with van der Waals surface area (Å²) in [6.45, 7) is 5.21. The molecule has 1 fully saturated rings. The molecule has 1 saturated heterocycles. The molecule has 0 aliphatic carbocycles. The van der Waals surface area contributed by atoms with Crippen LogP contribution in [0.3, 0.4) is 0 Å². The minimum atomic E-state index is -3.01.